The van der Waals surface area contributed by atoms with E-state index >= 15 is 0 Å². The summed E-state index contributed by atoms with van der Waals surface area (Å²) in [5, 5.41) is 2.78. The summed E-state index contributed by atoms with van der Waals surface area (Å²) in [4.78, 5) is 11.9. The van der Waals surface area contributed by atoms with Gasteiger partial charge in [-0.25, -0.2) is 4.79 Å². The van der Waals surface area contributed by atoms with E-state index in [0.717, 1.165) is 17.1 Å². The molecular weight excluding hydrogens is 304 g/mol. The average Bonchev–Trinajstić information content (AvgIpc) is 2.94. The minimum Gasteiger partial charge on any atom is -0.461 e. The lowest BCUT2D eigenvalue weighted by Crippen LogP contribution is -2.44. The van der Waals surface area contributed by atoms with Gasteiger partial charge >= 0.3 is 6.09 Å². The monoisotopic (exact) mass is 330 g/mol. The summed E-state index contributed by atoms with van der Waals surface area (Å²) in [5.41, 5.74) is 7.45. The number of rotatable bonds is 5. The lowest BCUT2D eigenvalue weighted by Gasteiger charge is -2.22. The van der Waals surface area contributed by atoms with Crippen molar-refractivity contribution in [3.8, 4) is 11.3 Å². The summed E-state index contributed by atoms with van der Waals surface area (Å²) in [5.74, 6) is 1.58. The fourth-order valence-electron chi connectivity index (χ4n) is 2.27. The number of hydrogen-bond donors (Lipinski definition) is 2. The third-order valence-electron chi connectivity index (χ3n) is 3.45. The third kappa shape index (κ3) is 5.42. The van der Waals surface area contributed by atoms with E-state index in [0.29, 0.717) is 13.0 Å². The van der Waals surface area contributed by atoms with E-state index in [2.05, 4.69) is 5.32 Å². The van der Waals surface area contributed by atoms with Crippen LogP contribution >= 0.6 is 0 Å². The van der Waals surface area contributed by atoms with Gasteiger partial charge in [0.25, 0.3) is 0 Å². The van der Waals surface area contributed by atoms with E-state index in [1.165, 1.54) is 5.56 Å². The van der Waals surface area contributed by atoms with Gasteiger partial charge in [-0.1, -0.05) is 29.8 Å². The van der Waals surface area contributed by atoms with Crippen LogP contribution in [-0.2, 0) is 11.2 Å². The van der Waals surface area contributed by atoms with Gasteiger partial charge in [-0.2, -0.15) is 0 Å². The van der Waals surface area contributed by atoms with Gasteiger partial charge in [0.05, 0.1) is 6.04 Å². The van der Waals surface area contributed by atoms with Gasteiger partial charge in [0.2, 0.25) is 0 Å². The van der Waals surface area contributed by atoms with Crippen LogP contribution in [0.5, 0.6) is 0 Å². The molecular formula is C19H26N2O3. The first-order chi connectivity index (χ1) is 11.3. The highest BCUT2D eigenvalue weighted by Crippen LogP contribution is 2.23. The van der Waals surface area contributed by atoms with Crippen LogP contribution < -0.4 is 11.1 Å². The summed E-state index contributed by atoms with van der Waals surface area (Å²) in [7, 11) is 0. The van der Waals surface area contributed by atoms with Crippen LogP contribution in [0.3, 0.4) is 0 Å². The SMILES string of the molecule is Cc1ccc(-c2ccc(CC(CN)NC(=O)OC(C)(C)C)o2)cc1. The number of aryl methyl sites for hydroxylation is 1. The zero-order chi connectivity index (χ0) is 17.7. The van der Waals surface area contributed by atoms with Crippen LogP contribution in [0.1, 0.15) is 32.1 Å². The van der Waals surface area contributed by atoms with Crippen LogP contribution in [-0.4, -0.2) is 24.3 Å². The lowest BCUT2D eigenvalue weighted by atomic mass is 10.1. The Morgan fingerprint density at radius 3 is 2.46 bits per heavy atom. The average molecular weight is 330 g/mol. The molecule has 0 saturated heterocycles. The topological polar surface area (TPSA) is 77.5 Å². The van der Waals surface area contributed by atoms with E-state index in [4.69, 9.17) is 14.9 Å². The van der Waals surface area contributed by atoms with Crippen molar-refractivity contribution < 1.29 is 13.9 Å². The van der Waals surface area contributed by atoms with Gasteiger partial charge in [-0.3, -0.25) is 0 Å². The van der Waals surface area contributed by atoms with Gasteiger partial charge in [-0.15, -0.1) is 0 Å². The molecule has 0 radical (unpaired) electrons. The van der Waals surface area contributed by atoms with E-state index in [-0.39, 0.29) is 6.04 Å². The molecule has 0 spiro atoms. The molecule has 0 aliphatic heterocycles. The highest BCUT2D eigenvalue weighted by atomic mass is 16.6. The molecule has 1 aromatic carbocycles. The van der Waals surface area contributed by atoms with Crippen molar-refractivity contribution in [2.45, 2.75) is 45.8 Å². The summed E-state index contributed by atoms with van der Waals surface area (Å²) in [6.07, 6.45) is 0.0463. The van der Waals surface area contributed by atoms with E-state index in [1.54, 1.807) is 0 Å². The number of amides is 1. The Kier molecular flexibility index (Phi) is 5.67. The van der Waals surface area contributed by atoms with Crippen molar-refractivity contribution in [2.75, 3.05) is 6.54 Å². The molecule has 0 aliphatic carbocycles. The fraction of sp³-hybridized carbons (Fsp3) is 0.421. The molecule has 5 heteroatoms. The van der Waals surface area contributed by atoms with Crippen LogP contribution in [0.15, 0.2) is 40.8 Å². The van der Waals surface area contributed by atoms with Gasteiger partial charge < -0.3 is 20.2 Å². The molecule has 0 saturated carbocycles. The molecule has 1 aromatic heterocycles. The Labute approximate surface area is 143 Å². The molecule has 0 bridgehead atoms. The second-order valence-corrected chi connectivity index (χ2v) is 6.91. The minimum atomic E-state index is -0.535. The maximum absolute atomic E-state index is 11.9. The van der Waals surface area contributed by atoms with Crippen molar-refractivity contribution in [2.24, 2.45) is 5.73 Å². The Hall–Kier alpha value is -2.27. The Morgan fingerprint density at radius 2 is 1.88 bits per heavy atom. The van der Waals surface area contributed by atoms with Crippen molar-refractivity contribution in [1.29, 1.82) is 0 Å². The van der Waals surface area contributed by atoms with Crippen LogP contribution in [0.4, 0.5) is 4.79 Å². The lowest BCUT2D eigenvalue weighted by molar-refractivity contribution is 0.0505. The Balaban J connectivity index is 1.99. The summed E-state index contributed by atoms with van der Waals surface area (Å²) in [6, 6.07) is 11.7. The van der Waals surface area contributed by atoms with Gasteiger partial charge in [0, 0.05) is 18.5 Å². The summed E-state index contributed by atoms with van der Waals surface area (Å²) < 4.78 is 11.1. The molecule has 130 valence electrons. The maximum atomic E-state index is 11.9. The van der Waals surface area contributed by atoms with Gasteiger partial charge in [0.15, 0.2) is 0 Å². The number of alkyl carbamates (subject to hydrolysis) is 1. The first kappa shape index (κ1) is 18.1. The molecule has 2 rings (SSSR count). The third-order valence-corrected chi connectivity index (χ3v) is 3.45. The zero-order valence-corrected chi connectivity index (χ0v) is 14.8. The largest absolute Gasteiger partial charge is 0.461 e. The molecule has 1 heterocycles. The summed E-state index contributed by atoms with van der Waals surface area (Å²) >= 11 is 0. The quantitative estimate of drug-likeness (QED) is 0.877. The number of hydrogen-bond acceptors (Lipinski definition) is 4. The number of nitrogens with one attached hydrogen (secondary N) is 1. The van der Waals surface area contributed by atoms with Crippen LogP contribution in [0.25, 0.3) is 11.3 Å². The number of benzene rings is 1. The maximum Gasteiger partial charge on any atom is 0.407 e. The predicted molar refractivity (Wildman–Crippen MR) is 94.8 cm³/mol. The molecule has 24 heavy (non-hydrogen) atoms. The first-order valence-corrected chi connectivity index (χ1v) is 8.12. The fourth-order valence-corrected chi connectivity index (χ4v) is 2.27. The van der Waals surface area contributed by atoms with E-state index in [9.17, 15) is 4.79 Å². The molecule has 5 nitrogen and oxygen atoms in total. The molecule has 2 aromatic rings. The second-order valence-electron chi connectivity index (χ2n) is 6.91. The smallest absolute Gasteiger partial charge is 0.407 e. The first-order valence-electron chi connectivity index (χ1n) is 8.12. The van der Waals surface area contributed by atoms with Crippen LogP contribution in [0.2, 0.25) is 0 Å². The number of ether oxygens (including phenoxy) is 1. The van der Waals surface area contributed by atoms with E-state index in [1.807, 2.05) is 64.1 Å². The van der Waals surface area contributed by atoms with Crippen molar-refractivity contribution in [3.05, 3.63) is 47.7 Å². The molecule has 1 unspecified atom stereocenters. The molecule has 1 atom stereocenters. The summed E-state index contributed by atoms with van der Waals surface area (Å²) in [6.45, 7) is 7.82. The van der Waals surface area contributed by atoms with Gasteiger partial charge in [-0.05, 0) is 39.8 Å². The highest BCUT2D eigenvalue weighted by Gasteiger charge is 2.20. The van der Waals surface area contributed by atoms with Crippen LogP contribution in [0, 0.1) is 6.92 Å². The Bertz CT molecular complexity index is 669. The van der Waals surface area contributed by atoms with Gasteiger partial charge in [0.1, 0.15) is 17.1 Å². The Morgan fingerprint density at radius 1 is 1.21 bits per heavy atom. The molecule has 0 fully saturated rings. The molecule has 0 aliphatic rings. The zero-order valence-electron chi connectivity index (χ0n) is 14.8. The minimum absolute atomic E-state index is 0.239. The van der Waals surface area contributed by atoms with Crippen molar-refractivity contribution in [3.63, 3.8) is 0 Å². The number of nitrogens with two attached hydrogens (primary N) is 1. The number of carbonyl (C=O) groups excluding carboxylic acids is 1. The van der Waals surface area contributed by atoms with Crippen molar-refractivity contribution in [1.82, 2.24) is 5.32 Å². The molecule has 3 N–H and O–H groups in total. The number of carbonyl (C=O) groups is 1. The highest BCUT2D eigenvalue weighted by molar-refractivity contribution is 5.68. The van der Waals surface area contributed by atoms with Crippen molar-refractivity contribution >= 4 is 6.09 Å². The second kappa shape index (κ2) is 7.53. The normalized spacial score (nSPS) is 12.7. The number of furan rings is 1. The van der Waals surface area contributed by atoms with E-state index < -0.39 is 11.7 Å². The predicted octanol–water partition coefficient (Wildman–Crippen LogP) is 3.65. The standard InChI is InChI=1S/C19H26N2O3/c1-13-5-7-14(8-6-13)17-10-9-16(23-17)11-15(12-20)21-18(22)24-19(2,3)4/h5-10,15H,11-12,20H2,1-4H3,(H,21,22). The molecule has 1 amide bonds.